The van der Waals surface area contributed by atoms with Crippen molar-refractivity contribution in [2.24, 2.45) is 5.92 Å². The van der Waals surface area contributed by atoms with E-state index in [-0.39, 0.29) is 24.4 Å². The molecule has 2 aliphatic rings. The Hall–Kier alpha value is -0.580. The molecule has 1 aromatic rings. The summed E-state index contributed by atoms with van der Waals surface area (Å²) < 4.78 is 0. The number of rotatable bonds is 4. The summed E-state index contributed by atoms with van der Waals surface area (Å²) in [7, 11) is 0. The van der Waals surface area contributed by atoms with E-state index in [4.69, 9.17) is 0 Å². The molecule has 5 heteroatoms. The number of likely N-dealkylation sites (tertiary alicyclic amines) is 1. The quantitative estimate of drug-likeness (QED) is 0.906. The molecule has 0 aromatic carbocycles. The number of nitrogens with zero attached hydrogens (tertiary/aromatic N) is 1. The third-order valence-corrected chi connectivity index (χ3v) is 5.54. The molecule has 3 nitrogen and oxygen atoms in total. The molecule has 0 spiro atoms. The molecule has 1 saturated carbocycles. The average Bonchev–Trinajstić information content (AvgIpc) is 3.20. The van der Waals surface area contributed by atoms with Gasteiger partial charge >= 0.3 is 0 Å². The predicted octanol–water partition coefficient (Wildman–Crippen LogP) is 3.99. The normalized spacial score (nSPS) is 22.7. The minimum atomic E-state index is 0. The molecule has 1 saturated heterocycles. The van der Waals surface area contributed by atoms with Crippen molar-refractivity contribution in [3.05, 3.63) is 15.8 Å². The van der Waals surface area contributed by atoms with Crippen LogP contribution in [0.4, 0.5) is 5.69 Å². The summed E-state index contributed by atoms with van der Waals surface area (Å²) >= 11 is 1.71. The van der Waals surface area contributed by atoms with E-state index in [0.717, 1.165) is 31.1 Å². The number of hydrogen-bond donors (Lipinski definition) is 1. The van der Waals surface area contributed by atoms with Gasteiger partial charge in [-0.3, -0.25) is 9.69 Å². The number of nitrogens with one attached hydrogen (secondary N) is 1. The first-order valence-corrected chi connectivity index (χ1v) is 8.62. The SMILES string of the molecule is Cc1csc(C)c1NC(=O)C1CCCCN1CC1CC1.Cl. The Morgan fingerprint density at radius 1 is 1.33 bits per heavy atom. The Morgan fingerprint density at radius 3 is 2.71 bits per heavy atom. The van der Waals surface area contributed by atoms with Crippen LogP contribution in [0.2, 0.25) is 0 Å². The van der Waals surface area contributed by atoms with Crippen LogP contribution in [0, 0.1) is 19.8 Å². The van der Waals surface area contributed by atoms with Crippen LogP contribution in [0.25, 0.3) is 0 Å². The molecule has 0 bridgehead atoms. The van der Waals surface area contributed by atoms with Gasteiger partial charge in [0.1, 0.15) is 0 Å². The zero-order chi connectivity index (χ0) is 14.1. The zero-order valence-corrected chi connectivity index (χ0v) is 14.5. The second-order valence-corrected chi connectivity index (χ2v) is 7.37. The first-order chi connectivity index (χ1) is 9.65. The fourth-order valence-corrected chi connectivity index (χ4v) is 3.91. The Labute approximate surface area is 137 Å². The molecular weight excluding hydrogens is 304 g/mol. The minimum Gasteiger partial charge on any atom is -0.323 e. The highest BCUT2D eigenvalue weighted by atomic mass is 35.5. The Morgan fingerprint density at radius 2 is 2.10 bits per heavy atom. The van der Waals surface area contributed by atoms with Crippen LogP contribution in [0.15, 0.2) is 5.38 Å². The van der Waals surface area contributed by atoms with Gasteiger partial charge in [0, 0.05) is 11.4 Å². The van der Waals surface area contributed by atoms with Crippen LogP contribution in [0.1, 0.15) is 42.5 Å². The number of carbonyl (C=O) groups is 1. The summed E-state index contributed by atoms with van der Waals surface area (Å²) in [6, 6.07) is 0.0862. The highest BCUT2D eigenvalue weighted by Crippen LogP contribution is 2.33. The van der Waals surface area contributed by atoms with Crippen molar-refractivity contribution >= 4 is 35.3 Å². The Kier molecular flexibility index (Phi) is 5.69. The van der Waals surface area contributed by atoms with Crippen molar-refractivity contribution in [1.29, 1.82) is 0 Å². The van der Waals surface area contributed by atoms with Gasteiger partial charge < -0.3 is 5.32 Å². The highest BCUT2D eigenvalue weighted by Gasteiger charge is 2.33. The van der Waals surface area contributed by atoms with Gasteiger partial charge in [-0.1, -0.05) is 6.42 Å². The smallest absolute Gasteiger partial charge is 0.241 e. The van der Waals surface area contributed by atoms with Crippen LogP contribution in [-0.2, 0) is 4.79 Å². The molecule has 1 atom stereocenters. The Balaban J connectivity index is 0.00000161. The largest absolute Gasteiger partial charge is 0.323 e. The number of carbonyl (C=O) groups excluding carboxylic acids is 1. The van der Waals surface area contributed by atoms with E-state index in [1.807, 2.05) is 0 Å². The minimum absolute atomic E-state index is 0. The maximum Gasteiger partial charge on any atom is 0.241 e. The van der Waals surface area contributed by atoms with E-state index in [0.29, 0.717) is 0 Å². The van der Waals surface area contributed by atoms with E-state index in [1.165, 1.54) is 36.1 Å². The first kappa shape index (κ1) is 16.8. The van der Waals surface area contributed by atoms with Crippen LogP contribution >= 0.6 is 23.7 Å². The molecule has 1 aliphatic heterocycles. The topological polar surface area (TPSA) is 32.3 Å². The molecule has 118 valence electrons. The molecule has 1 unspecified atom stereocenters. The van der Waals surface area contributed by atoms with Gasteiger partial charge in [0.25, 0.3) is 0 Å². The molecule has 2 fully saturated rings. The van der Waals surface area contributed by atoms with Crippen molar-refractivity contribution in [1.82, 2.24) is 4.90 Å². The lowest BCUT2D eigenvalue weighted by Gasteiger charge is -2.34. The molecule has 1 N–H and O–H groups in total. The van der Waals surface area contributed by atoms with E-state index in [9.17, 15) is 4.79 Å². The Bertz CT molecular complexity index is 479. The van der Waals surface area contributed by atoms with Gasteiger partial charge in [-0.25, -0.2) is 0 Å². The number of halogens is 1. The van der Waals surface area contributed by atoms with Crippen LogP contribution in [0.5, 0.6) is 0 Å². The number of thiophene rings is 1. The first-order valence-electron chi connectivity index (χ1n) is 7.74. The van der Waals surface area contributed by atoms with Crippen molar-refractivity contribution in [2.75, 3.05) is 18.4 Å². The summed E-state index contributed by atoms with van der Waals surface area (Å²) in [6.07, 6.45) is 6.15. The molecule has 1 aliphatic carbocycles. The number of anilines is 1. The molecule has 1 aromatic heterocycles. The third-order valence-electron chi connectivity index (χ3n) is 4.51. The number of aryl methyl sites for hydroxylation is 2. The standard InChI is InChI=1S/C16H24N2OS.ClH/c1-11-10-20-12(2)15(11)17-16(19)14-5-3-4-8-18(14)9-13-6-7-13;/h10,13-14H,3-9H2,1-2H3,(H,17,19);1H. The van der Waals surface area contributed by atoms with Gasteiger partial charge in [-0.05, 0) is 62.9 Å². The molecule has 2 heterocycles. The monoisotopic (exact) mass is 328 g/mol. The summed E-state index contributed by atoms with van der Waals surface area (Å²) in [4.78, 5) is 16.3. The summed E-state index contributed by atoms with van der Waals surface area (Å²) in [5.74, 6) is 1.06. The fourth-order valence-electron chi connectivity index (χ4n) is 3.10. The van der Waals surface area contributed by atoms with Crippen LogP contribution < -0.4 is 5.32 Å². The van der Waals surface area contributed by atoms with Crippen LogP contribution in [-0.4, -0.2) is 29.9 Å². The lowest BCUT2D eigenvalue weighted by atomic mass is 10.0. The zero-order valence-electron chi connectivity index (χ0n) is 12.9. The molecular formula is C16H25ClN2OS. The van der Waals surface area contributed by atoms with Crippen molar-refractivity contribution < 1.29 is 4.79 Å². The maximum absolute atomic E-state index is 12.6. The average molecular weight is 329 g/mol. The maximum atomic E-state index is 12.6. The summed E-state index contributed by atoms with van der Waals surface area (Å²) in [5, 5.41) is 5.30. The molecule has 1 amide bonds. The number of amides is 1. The van der Waals surface area contributed by atoms with E-state index < -0.39 is 0 Å². The highest BCUT2D eigenvalue weighted by molar-refractivity contribution is 7.10. The van der Waals surface area contributed by atoms with E-state index in [1.54, 1.807) is 11.3 Å². The van der Waals surface area contributed by atoms with Gasteiger partial charge in [-0.2, -0.15) is 0 Å². The predicted molar refractivity (Wildman–Crippen MR) is 91.6 cm³/mol. The third kappa shape index (κ3) is 3.99. The number of piperidine rings is 1. The number of hydrogen-bond acceptors (Lipinski definition) is 3. The summed E-state index contributed by atoms with van der Waals surface area (Å²) in [5.41, 5.74) is 2.22. The van der Waals surface area contributed by atoms with Crippen molar-refractivity contribution in [2.45, 2.75) is 52.0 Å². The second-order valence-electron chi connectivity index (χ2n) is 6.29. The van der Waals surface area contributed by atoms with Gasteiger partial charge in [0.15, 0.2) is 0 Å². The van der Waals surface area contributed by atoms with E-state index >= 15 is 0 Å². The summed E-state index contributed by atoms with van der Waals surface area (Å²) in [6.45, 7) is 6.37. The fraction of sp³-hybridized carbons (Fsp3) is 0.688. The van der Waals surface area contributed by atoms with Gasteiger partial charge in [-0.15, -0.1) is 23.7 Å². The van der Waals surface area contributed by atoms with E-state index in [2.05, 4.69) is 29.4 Å². The lowest BCUT2D eigenvalue weighted by molar-refractivity contribution is -0.122. The van der Waals surface area contributed by atoms with Crippen molar-refractivity contribution in [3.63, 3.8) is 0 Å². The molecule has 3 rings (SSSR count). The molecule has 21 heavy (non-hydrogen) atoms. The second kappa shape index (κ2) is 7.12. The lowest BCUT2D eigenvalue weighted by Crippen LogP contribution is -2.47. The van der Waals surface area contributed by atoms with Gasteiger partial charge in [0.05, 0.1) is 11.7 Å². The van der Waals surface area contributed by atoms with Crippen LogP contribution in [0.3, 0.4) is 0 Å². The molecule has 0 radical (unpaired) electrons. The van der Waals surface area contributed by atoms with Crippen molar-refractivity contribution in [3.8, 4) is 0 Å². The van der Waals surface area contributed by atoms with Gasteiger partial charge in [0.2, 0.25) is 5.91 Å².